The monoisotopic (exact) mass is 288 g/mol. The molecule has 2 rings (SSSR count). The standard InChI is InChI=1S/C13H18Cl2N2O/c14-10-2-1-3-11(15)13(10)12(17-16)8-9-4-6-18-7-5-9/h1-3,9,12,17H,4-8,16H2. The van der Waals surface area contributed by atoms with Gasteiger partial charge in [-0.15, -0.1) is 0 Å². The molecule has 0 radical (unpaired) electrons. The molecule has 1 aliphatic rings. The Kier molecular flexibility index (Phi) is 5.27. The number of rotatable bonds is 4. The molecule has 0 amide bonds. The average molecular weight is 289 g/mol. The van der Waals surface area contributed by atoms with E-state index in [9.17, 15) is 0 Å². The molecule has 1 aromatic carbocycles. The second-order valence-electron chi connectivity index (χ2n) is 4.65. The maximum atomic E-state index is 6.22. The first-order chi connectivity index (χ1) is 8.72. The van der Waals surface area contributed by atoms with E-state index in [1.54, 1.807) is 0 Å². The summed E-state index contributed by atoms with van der Waals surface area (Å²) in [7, 11) is 0. The third-order valence-electron chi connectivity index (χ3n) is 3.46. The van der Waals surface area contributed by atoms with E-state index < -0.39 is 0 Å². The number of nitrogens with one attached hydrogen (secondary N) is 1. The van der Waals surface area contributed by atoms with Gasteiger partial charge in [-0.2, -0.15) is 0 Å². The van der Waals surface area contributed by atoms with E-state index in [2.05, 4.69) is 5.43 Å². The van der Waals surface area contributed by atoms with Crippen molar-refractivity contribution in [1.29, 1.82) is 0 Å². The molecule has 0 bridgehead atoms. The molecule has 1 fully saturated rings. The summed E-state index contributed by atoms with van der Waals surface area (Å²) in [5, 5.41) is 1.33. The zero-order valence-electron chi connectivity index (χ0n) is 10.2. The van der Waals surface area contributed by atoms with Crippen molar-refractivity contribution in [2.75, 3.05) is 13.2 Å². The summed E-state index contributed by atoms with van der Waals surface area (Å²) in [6, 6.07) is 5.53. The fraction of sp³-hybridized carbons (Fsp3) is 0.538. The Morgan fingerprint density at radius 2 is 1.89 bits per heavy atom. The van der Waals surface area contributed by atoms with Crippen LogP contribution in [-0.2, 0) is 4.74 Å². The summed E-state index contributed by atoms with van der Waals surface area (Å²) < 4.78 is 5.36. The predicted octanol–water partition coefficient (Wildman–Crippen LogP) is 3.31. The first-order valence-electron chi connectivity index (χ1n) is 6.20. The van der Waals surface area contributed by atoms with Crippen LogP contribution in [0.1, 0.15) is 30.9 Å². The third kappa shape index (κ3) is 3.37. The number of benzene rings is 1. The highest BCUT2D eigenvalue weighted by Crippen LogP contribution is 2.35. The smallest absolute Gasteiger partial charge is 0.0492 e. The van der Waals surface area contributed by atoms with Crippen LogP contribution in [0, 0.1) is 5.92 Å². The molecule has 3 N–H and O–H groups in total. The third-order valence-corrected chi connectivity index (χ3v) is 4.12. The minimum absolute atomic E-state index is 0.00528. The molecule has 100 valence electrons. The molecule has 3 nitrogen and oxygen atoms in total. The van der Waals surface area contributed by atoms with Gasteiger partial charge in [-0.05, 0) is 37.3 Å². The Morgan fingerprint density at radius 3 is 2.44 bits per heavy atom. The summed E-state index contributed by atoms with van der Waals surface area (Å²) in [6.45, 7) is 1.66. The van der Waals surface area contributed by atoms with E-state index in [-0.39, 0.29) is 6.04 Å². The molecule has 0 aromatic heterocycles. The molecular weight excluding hydrogens is 271 g/mol. The lowest BCUT2D eigenvalue weighted by molar-refractivity contribution is 0.0605. The van der Waals surface area contributed by atoms with Crippen molar-refractivity contribution in [3.63, 3.8) is 0 Å². The lowest BCUT2D eigenvalue weighted by Gasteiger charge is -2.27. The minimum atomic E-state index is -0.00528. The second-order valence-corrected chi connectivity index (χ2v) is 5.46. The normalized spacial score (nSPS) is 18.8. The van der Waals surface area contributed by atoms with E-state index >= 15 is 0 Å². The Bertz CT molecular complexity index is 374. The molecule has 1 heterocycles. The van der Waals surface area contributed by atoms with Crippen molar-refractivity contribution < 1.29 is 4.74 Å². The number of hydrazine groups is 1. The topological polar surface area (TPSA) is 47.3 Å². The molecule has 1 aromatic rings. The van der Waals surface area contributed by atoms with Crippen LogP contribution >= 0.6 is 23.2 Å². The van der Waals surface area contributed by atoms with Crippen LogP contribution in [0.5, 0.6) is 0 Å². The van der Waals surface area contributed by atoms with E-state index in [1.807, 2.05) is 18.2 Å². The summed E-state index contributed by atoms with van der Waals surface area (Å²) >= 11 is 12.4. The second kappa shape index (κ2) is 6.73. The number of halogens is 2. The van der Waals surface area contributed by atoms with Crippen LogP contribution in [0.2, 0.25) is 10.0 Å². The largest absolute Gasteiger partial charge is 0.381 e. The first-order valence-corrected chi connectivity index (χ1v) is 6.95. The van der Waals surface area contributed by atoms with Crippen molar-refractivity contribution in [2.45, 2.75) is 25.3 Å². The van der Waals surface area contributed by atoms with Gasteiger partial charge in [0, 0.05) is 34.9 Å². The SMILES string of the molecule is NNC(CC1CCOCC1)c1c(Cl)cccc1Cl. The van der Waals surface area contributed by atoms with E-state index in [1.165, 1.54) is 0 Å². The van der Waals surface area contributed by atoms with Gasteiger partial charge in [-0.25, -0.2) is 0 Å². The van der Waals surface area contributed by atoms with E-state index in [4.69, 9.17) is 33.8 Å². The maximum Gasteiger partial charge on any atom is 0.0492 e. The lowest BCUT2D eigenvalue weighted by Crippen LogP contribution is -2.31. The van der Waals surface area contributed by atoms with Crippen LogP contribution in [-0.4, -0.2) is 13.2 Å². The number of ether oxygens (including phenoxy) is 1. The van der Waals surface area contributed by atoms with Crippen LogP contribution in [0.15, 0.2) is 18.2 Å². The molecule has 1 aliphatic heterocycles. The molecular formula is C13H18Cl2N2O. The Morgan fingerprint density at radius 1 is 1.28 bits per heavy atom. The molecule has 1 atom stereocenters. The highest BCUT2D eigenvalue weighted by Gasteiger charge is 2.22. The Hall–Kier alpha value is -0.320. The van der Waals surface area contributed by atoms with E-state index in [0.717, 1.165) is 38.0 Å². The van der Waals surface area contributed by atoms with Crippen LogP contribution in [0.4, 0.5) is 0 Å². The van der Waals surface area contributed by atoms with Crippen LogP contribution in [0.3, 0.4) is 0 Å². The highest BCUT2D eigenvalue weighted by atomic mass is 35.5. The summed E-state index contributed by atoms with van der Waals surface area (Å²) in [4.78, 5) is 0. The first kappa shape index (κ1) is 14.1. The molecule has 1 unspecified atom stereocenters. The van der Waals surface area contributed by atoms with Gasteiger partial charge in [0.05, 0.1) is 0 Å². The molecule has 0 aliphatic carbocycles. The highest BCUT2D eigenvalue weighted by molar-refractivity contribution is 6.36. The van der Waals surface area contributed by atoms with Crippen LogP contribution in [0.25, 0.3) is 0 Å². The van der Waals surface area contributed by atoms with Gasteiger partial charge < -0.3 is 4.74 Å². The average Bonchev–Trinajstić information content (AvgIpc) is 2.38. The number of nitrogens with two attached hydrogens (primary N) is 1. The van der Waals surface area contributed by atoms with Crippen molar-refractivity contribution in [2.24, 2.45) is 11.8 Å². The lowest BCUT2D eigenvalue weighted by atomic mass is 9.89. The Labute approximate surface area is 118 Å². The fourth-order valence-electron chi connectivity index (χ4n) is 2.43. The van der Waals surface area contributed by atoms with Gasteiger partial charge in [-0.1, -0.05) is 29.3 Å². The Balaban J connectivity index is 2.12. The van der Waals surface area contributed by atoms with Crippen molar-refractivity contribution in [3.8, 4) is 0 Å². The summed E-state index contributed by atoms with van der Waals surface area (Å²) in [5.41, 5.74) is 3.74. The van der Waals surface area contributed by atoms with Crippen molar-refractivity contribution in [1.82, 2.24) is 5.43 Å². The quantitative estimate of drug-likeness (QED) is 0.660. The molecule has 0 saturated carbocycles. The van der Waals surface area contributed by atoms with Gasteiger partial charge in [0.25, 0.3) is 0 Å². The van der Waals surface area contributed by atoms with E-state index in [0.29, 0.717) is 16.0 Å². The van der Waals surface area contributed by atoms with Gasteiger partial charge in [0.15, 0.2) is 0 Å². The molecule has 5 heteroatoms. The molecule has 0 spiro atoms. The van der Waals surface area contributed by atoms with Gasteiger partial charge in [0.2, 0.25) is 0 Å². The van der Waals surface area contributed by atoms with Crippen LogP contribution < -0.4 is 11.3 Å². The summed E-state index contributed by atoms with van der Waals surface area (Å²) in [6.07, 6.45) is 3.07. The minimum Gasteiger partial charge on any atom is -0.381 e. The predicted molar refractivity (Wildman–Crippen MR) is 74.7 cm³/mol. The maximum absolute atomic E-state index is 6.22. The summed E-state index contributed by atoms with van der Waals surface area (Å²) in [5.74, 6) is 6.27. The molecule has 18 heavy (non-hydrogen) atoms. The fourth-order valence-corrected chi connectivity index (χ4v) is 3.09. The van der Waals surface area contributed by atoms with Gasteiger partial charge in [-0.3, -0.25) is 11.3 Å². The number of hydrogen-bond donors (Lipinski definition) is 2. The van der Waals surface area contributed by atoms with Crippen molar-refractivity contribution >= 4 is 23.2 Å². The van der Waals surface area contributed by atoms with Gasteiger partial charge >= 0.3 is 0 Å². The van der Waals surface area contributed by atoms with Crippen molar-refractivity contribution in [3.05, 3.63) is 33.8 Å². The molecule has 1 saturated heterocycles. The zero-order chi connectivity index (χ0) is 13.0. The zero-order valence-corrected chi connectivity index (χ0v) is 11.7. The van der Waals surface area contributed by atoms with Gasteiger partial charge in [0.1, 0.15) is 0 Å². The number of hydrogen-bond acceptors (Lipinski definition) is 3.